The lowest BCUT2D eigenvalue weighted by molar-refractivity contribution is -0.124. The van der Waals surface area contributed by atoms with Gasteiger partial charge in [-0.25, -0.2) is 0 Å². The number of hydrogen-bond donors (Lipinski definition) is 1. The molecule has 1 saturated carbocycles. The molecule has 1 amide bonds. The van der Waals surface area contributed by atoms with Crippen LogP contribution in [-0.2, 0) is 10.2 Å². The molecule has 0 unspecified atom stereocenters. The van der Waals surface area contributed by atoms with Crippen molar-refractivity contribution in [2.45, 2.75) is 24.7 Å². The van der Waals surface area contributed by atoms with E-state index < -0.39 is 5.41 Å². The maximum absolute atomic E-state index is 13.0. The van der Waals surface area contributed by atoms with Gasteiger partial charge in [0.2, 0.25) is 5.91 Å². The summed E-state index contributed by atoms with van der Waals surface area (Å²) < 4.78 is 11.1. The molecule has 2 aromatic carbocycles. The van der Waals surface area contributed by atoms with Gasteiger partial charge in [0.1, 0.15) is 13.2 Å². The Kier molecular flexibility index (Phi) is 4.26. The maximum atomic E-state index is 13.0. The van der Waals surface area contributed by atoms with Gasteiger partial charge in [-0.1, -0.05) is 41.8 Å². The third kappa shape index (κ3) is 2.94. The number of fused-ring (bicyclic) bond motifs is 1. The summed E-state index contributed by atoms with van der Waals surface area (Å²) in [6.07, 6.45) is 2.64. The molecule has 4 rings (SSSR count). The largest absolute Gasteiger partial charge is 0.486 e. The first-order valence-electron chi connectivity index (χ1n) is 8.25. The van der Waals surface area contributed by atoms with E-state index in [9.17, 15) is 4.79 Å². The number of carbonyl (C=O) groups excluding carboxylic acids is 1. The van der Waals surface area contributed by atoms with Gasteiger partial charge in [-0.05, 0) is 30.5 Å². The molecule has 0 radical (unpaired) electrons. The van der Waals surface area contributed by atoms with Crippen molar-refractivity contribution in [2.75, 3.05) is 18.5 Å². The minimum absolute atomic E-state index is 0.0559. The number of halogens is 2. The van der Waals surface area contributed by atoms with E-state index in [1.807, 2.05) is 24.3 Å². The predicted molar refractivity (Wildman–Crippen MR) is 98.1 cm³/mol. The van der Waals surface area contributed by atoms with E-state index >= 15 is 0 Å². The van der Waals surface area contributed by atoms with Crippen LogP contribution in [0.25, 0.3) is 0 Å². The Morgan fingerprint density at radius 2 is 1.64 bits per heavy atom. The summed E-state index contributed by atoms with van der Waals surface area (Å²) in [5, 5.41) is 4.07. The van der Waals surface area contributed by atoms with Gasteiger partial charge in [0.05, 0.1) is 16.1 Å². The Balaban J connectivity index is 1.61. The highest BCUT2D eigenvalue weighted by molar-refractivity contribution is 6.34. The Morgan fingerprint density at radius 3 is 2.24 bits per heavy atom. The molecule has 1 aliphatic heterocycles. The van der Waals surface area contributed by atoms with E-state index in [0.29, 0.717) is 40.4 Å². The first kappa shape index (κ1) is 16.6. The summed E-state index contributed by atoms with van der Waals surface area (Å²) >= 11 is 12.3. The second-order valence-electron chi connectivity index (χ2n) is 6.37. The zero-order valence-corrected chi connectivity index (χ0v) is 15.0. The van der Waals surface area contributed by atoms with Crippen LogP contribution in [0.5, 0.6) is 11.5 Å². The number of carbonyl (C=O) groups is 1. The monoisotopic (exact) mass is 377 g/mol. The number of amides is 1. The lowest BCUT2D eigenvalue weighted by Gasteiger charge is -2.40. The standard InChI is InChI=1S/C19H17Cl2NO3/c20-13-4-2-12(3-5-13)19(6-1-7-19)18(23)22-15-11-17-16(10-14(15)21)24-8-9-25-17/h2-5,10-11H,1,6-9H2,(H,22,23). The lowest BCUT2D eigenvalue weighted by atomic mass is 9.64. The molecule has 2 aliphatic rings. The normalized spacial score (nSPS) is 17.5. The molecule has 6 heteroatoms. The number of nitrogens with one attached hydrogen (secondary N) is 1. The zero-order valence-electron chi connectivity index (χ0n) is 13.5. The third-order valence-corrected chi connectivity index (χ3v) is 5.48. The van der Waals surface area contributed by atoms with Crippen molar-refractivity contribution in [1.29, 1.82) is 0 Å². The Hall–Kier alpha value is -1.91. The minimum atomic E-state index is -0.527. The fraction of sp³-hybridized carbons (Fsp3) is 0.316. The Bertz CT molecular complexity index is 816. The molecule has 0 atom stereocenters. The van der Waals surface area contributed by atoms with Crippen LogP contribution in [0, 0.1) is 0 Å². The molecule has 0 spiro atoms. The number of ether oxygens (including phenoxy) is 2. The fourth-order valence-electron chi connectivity index (χ4n) is 3.35. The average Bonchev–Trinajstić information content (AvgIpc) is 2.56. The smallest absolute Gasteiger partial charge is 0.235 e. The highest BCUT2D eigenvalue weighted by atomic mass is 35.5. The van der Waals surface area contributed by atoms with Crippen LogP contribution in [0.3, 0.4) is 0 Å². The minimum Gasteiger partial charge on any atom is -0.486 e. The van der Waals surface area contributed by atoms with E-state index in [4.69, 9.17) is 32.7 Å². The Morgan fingerprint density at radius 1 is 1.00 bits per heavy atom. The molecule has 1 aliphatic carbocycles. The van der Waals surface area contributed by atoms with Crippen LogP contribution in [0.2, 0.25) is 10.0 Å². The van der Waals surface area contributed by atoms with Crippen molar-refractivity contribution in [3.05, 3.63) is 52.0 Å². The summed E-state index contributed by atoms with van der Waals surface area (Å²) in [6.45, 7) is 0.978. The molecule has 4 nitrogen and oxygen atoms in total. The number of benzene rings is 2. The van der Waals surface area contributed by atoms with Crippen molar-refractivity contribution in [2.24, 2.45) is 0 Å². The molecular weight excluding hydrogens is 361 g/mol. The maximum Gasteiger partial charge on any atom is 0.235 e. The molecule has 130 valence electrons. The van der Waals surface area contributed by atoms with Crippen molar-refractivity contribution < 1.29 is 14.3 Å². The van der Waals surface area contributed by atoms with Crippen molar-refractivity contribution in [1.82, 2.24) is 0 Å². The quantitative estimate of drug-likeness (QED) is 0.833. The van der Waals surface area contributed by atoms with E-state index in [-0.39, 0.29) is 5.91 Å². The lowest BCUT2D eigenvalue weighted by Crippen LogP contribution is -2.46. The number of anilines is 1. The van der Waals surface area contributed by atoms with Crippen LogP contribution < -0.4 is 14.8 Å². The van der Waals surface area contributed by atoms with Gasteiger partial charge in [-0.15, -0.1) is 0 Å². The molecule has 25 heavy (non-hydrogen) atoms. The van der Waals surface area contributed by atoms with Gasteiger partial charge in [0, 0.05) is 17.2 Å². The molecule has 0 saturated heterocycles. The summed E-state index contributed by atoms with van der Waals surface area (Å²) in [6, 6.07) is 10.9. The van der Waals surface area contributed by atoms with Crippen LogP contribution in [0.1, 0.15) is 24.8 Å². The molecule has 0 bridgehead atoms. The van der Waals surface area contributed by atoms with Crippen molar-refractivity contribution >= 4 is 34.8 Å². The topological polar surface area (TPSA) is 47.6 Å². The van der Waals surface area contributed by atoms with Gasteiger partial charge < -0.3 is 14.8 Å². The molecule has 1 heterocycles. The summed E-state index contributed by atoms with van der Waals surface area (Å²) in [5.41, 5.74) is 0.992. The van der Waals surface area contributed by atoms with Crippen molar-refractivity contribution in [3.8, 4) is 11.5 Å². The summed E-state index contributed by atoms with van der Waals surface area (Å²) in [4.78, 5) is 13.0. The van der Waals surface area contributed by atoms with Gasteiger partial charge in [-0.3, -0.25) is 4.79 Å². The first-order chi connectivity index (χ1) is 12.1. The second-order valence-corrected chi connectivity index (χ2v) is 7.22. The average molecular weight is 378 g/mol. The first-order valence-corrected chi connectivity index (χ1v) is 9.01. The second kappa shape index (κ2) is 6.43. The molecule has 1 N–H and O–H groups in total. The Labute approximate surface area is 156 Å². The molecular formula is C19H17Cl2NO3. The number of rotatable bonds is 3. The third-order valence-electron chi connectivity index (χ3n) is 4.92. The van der Waals surface area contributed by atoms with E-state index in [2.05, 4.69) is 5.32 Å². The summed E-state index contributed by atoms with van der Waals surface area (Å²) in [5.74, 6) is 1.14. The molecule has 0 aromatic heterocycles. The predicted octanol–water partition coefficient (Wildman–Crippen LogP) is 4.83. The highest BCUT2D eigenvalue weighted by Gasteiger charge is 2.45. The van der Waals surface area contributed by atoms with E-state index in [1.165, 1.54) is 0 Å². The van der Waals surface area contributed by atoms with Gasteiger partial charge in [-0.2, -0.15) is 0 Å². The van der Waals surface area contributed by atoms with Crippen LogP contribution in [0.4, 0.5) is 5.69 Å². The van der Waals surface area contributed by atoms with Crippen LogP contribution in [-0.4, -0.2) is 19.1 Å². The number of hydrogen-bond acceptors (Lipinski definition) is 3. The van der Waals surface area contributed by atoms with E-state index in [0.717, 1.165) is 24.8 Å². The van der Waals surface area contributed by atoms with Crippen LogP contribution >= 0.6 is 23.2 Å². The molecule has 1 fully saturated rings. The van der Waals surface area contributed by atoms with E-state index in [1.54, 1.807) is 12.1 Å². The zero-order chi connectivity index (χ0) is 17.4. The SMILES string of the molecule is O=C(Nc1cc2c(cc1Cl)OCCO2)C1(c2ccc(Cl)cc2)CCC1. The fourth-order valence-corrected chi connectivity index (χ4v) is 3.67. The summed E-state index contributed by atoms with van der Waals surface area (Å²) in [7, 11) is 0. The molecule has 2 aromatic rings. The van der Waals surface area contributed by atoms with Crippen molar-refractivity contribution in [3.63, 3.8) is 0 Å². The highest BCUT2D eigenvalue weighted by Crippen LogP contribution is 2.46. The van der Waals surface area contributed by atoms with Crippen LogP contribution in [0.15, 0.2) is 36.4 Å². The van der Waals surface area contributed by atoms with Gasteiger partial charge >= 0.3 is 0 Å². The van der Waals surface area contributed by atoms with Gasteiger partial charge in [0.25, 0.3) is 0 Å². The van der Waals surface area contributed by atoms with Gasteiger partial charge in [0.15, 0.2) is 11.5 Å².